The van der Waals surface area contributed by atoms with Gasteiger partial charge in [-0.3, -0.25) is 0 Å². The zero-order chi connectivity index (χ0) is 6.85. The van der Waals surface area contributed by atoms with Crippen molar-refractivity contribution in [3.8, 4) is 0 Å². The van der Waals surface area contributed by atoms with Gasteiger partial charge in [0, 0.05) is 7.05 Å². The molecule has 1 N–H and O–H groups in total. The summed E-state index contributed by atoms with van der Waals surface area (Å²) in [4.78, 5) is 5.30. The molecule has 0 aromatic heterocycles. The molecule has 0 aromatic rings. The summed E-state index contributed by atoms with van der Waals surface area (Å²) in [5, 5.41) is 11.1. The fraction of sp³-hybridized carbons (Fsp3) is 0.200. The van der Waals surface area contributed by atoms with E-state index in [0.29, 0.717) is 0 Å². The van der Waals surface area contributed by atoms with E-state index < -0.39 is 0 Å². The Morgan fingerprint density at radius 1 is 1.89 bits per heavy atom. The van der Waals surface area contributed by atoms with Crippen LogP contribution in [0.3, 0.4) is 0 Å². The molecule has 0 amide bonds. The molecule has 0 spiro atoms. The van der Waals surface area contributed by atoms with Crippen molar-refractivity contribution < 1.29 is 5.21 Å². The number of nitrogens with zero attached hydrogens (tertiary/aromatic N) is 3. The largest absolute Gasteiger partial charge is 0.408 e. The second-order valence-electron chi connectivity index (χ2n) is 1.71. The van der Waals surface area contributed by atoms with E-state index in [-0.39, 0.29) is 5.96 Å². The maximum Gasteiger partial charge on any atom is 0.266 e. The third-order valence-electron chi connectivity index (χ3n) is 1.15. The minimum absolute atomic E-state index is 0.278. The highest BCUT2D eigenvalue weighted by molar-refractivity contribution is 6.01. The fourth-order valence-electron chi connectivity index (χ4n) is 0.527. The third kappa shape index (κ3) is 0.782. The van der Waals surface area contributed by atoms with Gasteiger partial charge >= 0.3 is 0 Å². The first-order chi connectivity index (χ1) is 4.25. The van der Waals surface area contributed by atoms with Crippen LogP contribution in [0, 0.1) is 0 Å². The Hall–Kier alpha value is -1.32. The molecule has 4 nitrogen and oxygen atoms in total. The van der Waals surface area contributed by atoms with Crippen molar-refractivity contribution in [3.05, 3.63) is 12.3 Å². The third-order valence-corrected chi connectivity index (χ3v) is 1.15. The van der Waals surface area contributed by atoms with E-state index in [9.17, 15) is 0 Å². The smallest absolute Gasteiger partial charge is 0.266 e. The zero-order valence-corrected chi connectivity index (χ0v) is 5.07. The lowest BCUT2D eigenvalue weighted by atomic mass is 10.5. The Bertz CT molecular complexity index is 194. The van der Waals surface area contributed by atoms with Gasteiger partial charge in [-0.25, -0.2) is 4.99 Å². The Morgan fingerprint density at radius 2 is 2.56 bits per heavy atom. The highest BCUT2D eigenvalue weighted by atomic mass is 16.4. The number of hydrogen-bond donors (Lipinski definition) is 1. The van der Waals surface area contributed by atoms with Crippen molar-refractivity contribution in [2.24, 2.45) is 10.1 Å². The lowest BCUT2D eigenvalue weighted by Crippen LogP contribution is -2.17. The number of hydrogen-bond acceptors (Lipinski definition) is 2. The quantitative estimate of drug-likeness (QED) is 0.373. The van der Waals surface area contributed by atoms with E-state index in [1.54, 1.807) is 11.9 Å². The summed E-state index contributed by atoms with van der Waals surface area (Å²) in [6.45, 7) is 3.62. The first kappa shape index (κ1) is 5.81. The highest BCUT2D eigenvalue weighted by Gasteiger charge is 2.12. The van der Waals surface area contributed by atoms with Crippen LogP contribution in [0.1, 0.15) is 0 Å². The molecule has 0 saturated carbocycles. The number of rotatable bonds is 0. The summed E-state index contributed by atoms with van der Waals surface area (Å²) in [7, 11) is 1.73. The number of aliphatic imine (C=N–C) groups is 1. The number of guanidine groups is 1. The van der Waals surface area contributed by atoms with Crippen LogP contribution >= 0.6 is 0 Å². The van der Waals surface area contributed by atoms with Crippen LogP contribution < -0.4 is 0 Å². The van der Waals surface area contributed by atoms with Crippen molar-refractivity contribution in [3.63, 3.8) is 0 Å². The van der Waals surface area contributed by atoms with Crippen LogP contribution in [-0.2, 0) is 0 Å². The van der Waals surface area contributed by atoms with Gasteiger partial charge < -0.3 is 10.1 Å². The van der Waals surface area contributed by atoms with Gasteiger partial charge in [-0.1, -0.05) is 6.58 Å². The minimum Gasteiger partial charge on any atom is -0.408 e. The summed E-state index contributed by atoms with van der Waals surface area (Å²) in [6.07, 6.45) is 1.54. The molecule has 0 aliphatic carbocycles. The Balaban J connectivity index is 2.86. The SMILES string of the molecule is C=C1C=N/C(=N\O)N1C. The number of allylic oxidation sites excluding steroid dienone is 1. The Kier molecular flexibility index (Phi) is 1.22. The fourth-order valence-corrected chi connectivity index (χ4v) is 0.527. The van der Waals surface area contributed by atoms with Gasteiger partial charge in [0.25, 0.3) is 5.96 Å². The van der Waals surface area contributed by atoms with Crippen molar-refractivity contribution in [2.75, 3.05) is 7.05 Å². The molecule has 0 radical (unpaired) electrons. The summed E-state index contributed by atoms with van der Waals surface area (Å²) < 4.78 is 0. The molecule has 0 bridgehead atoms. The minimum atomic E-state index is 0.278. The zero-order valence-electron chi connectivity index (χ0n) is 5.07. The van der Waals surface area contributed by atoms with E-state index in [1.807, 2.05) is 0 Å². The van der Waals surface area contributed by atoms with E-state index in [4.69, 9.17) is 5.21 Å². The summed E-state index contributed by atoms with van der Waals surface area (Å²) >= 11 is 0. The second kappa shape index (κ2) is 1.89. The molecule has 0 atom stereocenters. The van der Waals surface area contributed by atoms with Gasteiger partial charge in [0.15, 0.2) is 0 Å². The predicted octanol–water partition coefficient (Wildman–Crippen LogP) is 0.262. The summed E-state index contributed by atoms with van der Waals surface area (Å²) in [5.74, 6) is 0.278. The van der Waals surface area contributed by atoms with E-state index >= 15 is 0 Å². The normalized spacial score (nSPS) is 22.1. The van der Waals surface area contributed by atoms with Gasteiger partial charge in [0.2, 0.25) is 0 Å². The maximum atomic E-state index is 8.25. The summed E-state index contributed by atoms with van der Waals surface area (Å²) in [5.41, 5.74) is 0.725. The molecule has 0 saturated heterocycles. The average Bonchev–Trinajstić information content (AvgIpc) is 2.15. The van der Waals surface area contributed by atoms with Gasteiger partial charge in [-0.05, 0) is 5.16 Å². The lowest BCUT2D eigenvalue weighted by molar-refractivity contribution is 0.311. The number of oxime groups is 1. The molecule has 0 fully saturated rings. The van der Waals surface area contributed by atoms with Crippen molar-refractivity contribution in [2.45, 2.75) is 0 Å². The molecular weight excluding hydrogens is 118 g/mol. The Labute approximate surface area is 52.8 Å². The molecule has 48 valence electrons. The van der Waals surface area contributed by atoms with Gasteiger partial charge in [0.1, 0.15) is 0 Å². The molecule has 0 aromatic carbocycles. The van der Waals surface area contributed by atoms with Crippen LogP contribution in [0.2, 0.25) is 0 Å². The monoisotopic (exact) mass is 125 g/mol. The van der Waals surface area contributed by atoms with Crippen molar-refractivity contribution in [1.29, 1.82) is 0 Å². The topological polar surface area (TPSA) is 48.2 Å². The van der Waals surface area contributed by atoms with E-state index in [1.165, 1.54) is 6.21 Å². The lowest BCUT2D eigenvalue weighted by Gasteiger charge is -2.07. The van der Waals surface area contributed by atoms with Crippen LogP contribution in [0.25, 0.3) is 0 Å². The van der Waals surface area contributed by atoms with Crippen LogP contribution in [-0.4, -0.2) is 29.3 Å². The molecule has 4 heteroatoms. The molecule has 0 unspecified atom stereocenters. The molecule has 1 aliphatic rings. The maximum absolute atomic E-state index is 8.25. The van der Waals surface area contributed by atoms with Gasteiger partial charge in [-0.2, -0.15) is 0 Å². The van der Waals surface area contributed by atoms with Crippen LogP contribution in [0.5, 0.6) is 0 Å². The van der Waals surface area contributed by atoms with Crippen LogP contribution in [0.15, 0.2) is 22.4 Å². The van der Waals surface area contributed by atoms with Gasteiger partial charge in [-0.15, -0.1) is 0 Å². The first-order valence-corrected chi connectivity index (χ1v) is 2.44. The predicted molar refractivity (Wildman–Crippen MR) is 34.6 cm³/mol. The molecular formula is C5H7N3O. The first-order valence-electron chi connectivity index (χ1n) is 2.44. The molecule has 1 aliphatic heterocycles. The van der Waals surface area contributed by atoms with E-state index in [0.717, 1.165) is 5.70 Å². The van der Waals surface area contributed by atoms with Gasteiger partial charge in [0.05, 0.1) is 11.9 Å². The average molecular weight is 125 g/mol. The second-order valence-corrected chi connectivity index (χ2v) is 1.71. The highest BCUT2D eigenvalue weighted by Crippen LogP contribution is 2.04. The Morgan fingerprint density at radius 3 is 2.78 bits per heavy atom. The van der Waals surface area contributed by atoms with Crippen molar-refractivity contribution in [1.82, 2.24) is 4.90 Å². The molecule has 9 heavy (non-hydrogen) atoms. The van der Waals surface area contributed by atoms with Crippen molar-refractivity contribution >= 4 is 12.2 Å². The van der Waals surface area contributed by atoms with Crippen LogP contribution in [0.4, 0.5) is 0 Å². The molecule has 1 heterocycles. The van der Waals surface area contributed by atoms with E-state index in [2.05, 4.69) is 16.7 Å². The summed E-state index contributed by atoms with van der Waals surface area (Å²) in [6, 6.07) is 0. The molecule has 1 rings (SSSR count). The standard InChI is InChI=1S/C5H7N3O/c1-4-3-6-5(7-9)8(4)2/h3,9H,1H2,2H3/b7-5+.